The minimum atomic E-state index is 0.525. The first-order chi connectivity index (χ1) is 11.8. The standard InChI is InChI=1S/C18H16N4OS/c24-18(21-12-14-5-4-10-19-11-14)22-15-8-9-17(20-13-15)23-16-6-2-1-3-7-16/h1-11,13H,12H2,(H2,21,22,24). The zero-order chi connectivity index (χ0) is 16.6. The molecule has 0 radical (unpaired) electrons. The van der Waals surface area contributed by atoms with Crippen molar-refractivity contribution in [2.24, 2.45) is 0 Å². The average molecular weight is 336 g/mol. The van der Waals surface area contributed by atoms with Crippen molar-refractivity contribution in [2.45, 2.75) is 6.54 Å². The van der Waals surface area contributed by atoms with Crippen molar-refractivity contribution in [1.82, 2.24) is 15.3 Å². The monoisotopic (exact) mass is 336 g/mol. The lowest BCUT2D eigenvalue weighted by Crippen LogP contribution is -2.27. The van der Waals surface area contributed by atoms with E-state index in [4.69, 9.17) is 17.0 Å². The van der Waals surface area contributed by atoms with Crippen molar-refractivity contribution in [3.8, 4) is 11.6 Å². The zero-order valence-corrected chi connectivity index (χ0v) is 13.7. The molecule has 0 saturated heterocycles. The summed E-state index contributed by atoms with van der Waals surface area (Å²) in [4.78, 5) is 8.33. The predicted molar refractivity (Wildman–Crippen MR) is 98.1 cm³/mol. The smallest absolute Gasteiger partial charge is 0.219 e. The van der Waals surface area contributed by atoms with Crippen molar-refractivity contribution in [2.75, 3.05) is 5.32 Å². The van der Waals surface area contributed by atoms with E-state index in [1.165, 1.54) is 0 Å². The fourth-order valence-corrected chi connectivity index (χ4v) is 2.17. The van der Waals surface area contributed by atoms with Crippen molar-refractivity contribution in [3.05, 3.63) is 78.8 Å². The highest BCUT2D eigenvalue weighted by Gasteiger charge is 2.01. The maximum absolute atomic E-state index is 5.65. The quantitative estimate of drug-likeness (QED) is 0.692. The Morgan fingerprint density at radius 2 is 1.88 bits per heavy atom. The highest BCUT2D eigenvalue weighted by molar-refractivity contribution is 7.80. The maximum Gasteiger partial charge on any atom is 0.219 e. The first-order valence-corrected chi connectivity index (χ1v) is 7.83. The maximum atomic E-state index is 5.65. The molecule has 120 valence electrons. The van der Waals surface area contributed by atoms with Gasteiger partial charge in [0, 0.05) is 25.0 Å². The fraction of sp³-hybridized carbons (Fsp3) is 0.0556. The Morgan fingerprint density at radius 3 is 2.58 bits per heavy atom. The average Bonchev–Trinajstić information content (AvgIpc) is 2.63. The van der Waals surface area contributed by atoms with E-state index in [-0.39, 0.29) is 0 Å². The highest BCUT2D eigenvalue weighted by Crippen LogP contribution is 2.19. The van der Waals surface area contributed by atoms with Gasteiger partial charge in [-0.25, -0.2) is 4.98 Å². The van der Waals surface area contributed by atoms with Gasteiger partial charge in [-0.15, -0.1) is 0 Å². The van der Waals surface area contributed by atoms with Crippen molar-refractivity contribution in [3.63, 3.8) is 0 Å². The lowest BCUT2D eigenvalue weighted by Gasteiger charge is -2.11. The van der Waals surface area contributed by atoms with Crippen LogP contribution in [0, 0.1) is 0 Å². The van der Waals surface area contributed by atoms with Crippen LogP contribution in [0.15, 0.2) is 73.2 Å². The van der Waals surface area contributed by atoms with Crippen molar-refractivity contribution >= 4 is 23.0 Å². The van der Waals surface area contributed by atoms with Crippen molar-refractivity contribution in [1.29, 1.82) is 0 Å². The Bertz CT molecular complexity index is 779. The van der Waals surface area contributed by atoms with E-state index in [1.54, 1.807) is 24.7 Å². The molecule has 2 N–H and O–H groups in total. The van der Waals surface area contributed by atoms with Gasteiger partial charge in [0.2, 0.25) is 5.88 Å². The molecule has 0 aliphatic carbocycles. The second-order valence-corrected chi connectivity index (χ2v) is 5.38. The first-order valence-electron chi connectivity index (χ1n) is 7.42. The second-order valence-electron chi connectivity index (χ2n) is 4.97. The van der Waals surface area contributed by atoms with Crippen LogP contribution in [0.1, 0.15) is 5.56 Å². The molecule has 24 heavy (non-hydrogen) atoms. The zero-order valence-electron chi connectivity index (χ0n) is 12.8. The molecule has 0 saturated carbocycles. The van der Waals surface area contributed by atoms with Gasteiger partial charge in [0.15, 0.2) is 5.11 Å². The molecule has 0 bridgehead atoms. The third kappa shape index (κ3) is 4.76. The number of rotatable bonds is 5. The van der Waals surface area contributed by atoms with Crippen LogP contribution in [0.25, 0.3) is 0 Å². The summed E-state index contributed by atoms with van der Waals surface area (Å²) in [7, 11) is 0. The lowest BCUT2D eigenvalue weighted by molar-refractivity contribution is 0.463. The SMILES string of the molecule is S=C(NCc1cccnc1)Nc1ccc(Oc2ccccc2)nc1. The summed E-state index contributed by atoms with van der Waals surface area (Å²) in [6, 6.07) is 17.1. The number of pyridine rings is 2. The summed E-state index contributed by atoms with van der Waals surface area (Å²) >= 11 is 5.27. The summed E-state index contributed by atoms with van der Waals surface area (Å²) in [5.41, 5.74) is 1.85. The number of nitrogens with one attached hydrogen (secondary N) is 2. The van der Waals surface area contributed by atoms with Crippen LogP contribution in [-0.2, 0) is 6.54 Å². The molecule has 0 atom stereocenters. The van der Waals surface area contributed by atoms with Gasteiger partial charge in [-0.05, 0) is 42.0 Å². The molecule has 0 unspecified atom stereocenters. The number of para-hydroxylation sites is 1. The Kier molecular flexibility index (Phi) is 5.32. The fourth-order valence-electron chi connectivity index (χ4n) is 1.98. The van der Waals surface area contributed by atoms with Gasteiger partial charge < -0.3 is 15.4 Å². The van der Waals surface area contributed by atoms with Gasteiger partial charge in [-0.3, -0.25) is 4.98 Å². The Morgan fingerprint density at radius 1 is 1.00 bits per heavy atom. The first kappa shape index (κ1) is 15.9. The molecule has 0 aliphatic rings. The van der Waals surface area contributed by atoms with Crippen molar-refractivity contribution < 1.29 is 4.74 Å². The molecule has 2 aromatic heterocycles. The summed E-state index contributed by atoms with van der Waals surface area (Å²) in [5, 5.41) is 6.73. The van der Waals surface area contributed by atoms with Gasteiger partial charge >= 0.3 is 0 Å². The van der Waals surface area contributed by atoms with E-state index in [1.807, 2.05) is 48.5 Å². The molecule has 6 heteroatoms. The predicted octanol–water partition coefficient (Wildman–Crippen LogP) is 3.76. The number of nitrogens with zero attached hydrogens (tertiary/aromatic N) is 2. The van der Waals surface area contributed by atoms with E-state index >= 15 is 0 Å². The number of aromatic nitrogens is 2. The molecule has 0 amide bonds. The highest BCUT2D eigenvalue weighted by atomic mass is 32.1. The van der Waals surface area contributed by atoms with Gasteiger partial charge in [0.05, 0.1) is 11.9 Å². The van der Waals surface area contributed by atoms with E-state index in [2.05, 4.69) is 20.6 Å². The van der Waals surface area contributed by atoms with Gasteiger partial charge in [-0.2, -0.15) is 0 Å². The molecule has 3 aromatic rings. The van der Waals surface area contributed by atoms with Gasteiger partial charge in [0.1, 0.15) is 5.75 Å². The molecular formula is C18H16N4OS. The normalized spacial score (nSPS) is 10.0. The number of hydrogen-bond acceptors (Lipinski definition) is 4. The summed E-state index contributed by atoms with van der Waals surface area (Å²) < 4.78 is 5.65. The Hall–Kier alpha value is -2.99. The summed E-state index contributed by atoms with van der Waals surface area (Å²) in [5.74, 6) is 1.28. The molecule has 0 fully saturated rings. The van der Waals surface area contributed by atoms with Gasteiger partial charge in [0.25, 0.3) is 0 Å². The van der Waals surface area contributed by atoms with Crippen LogP contribution in [0.3, 0.4) is 0 Å². The van der Waals surface area contributed by atoms with E-state index in [9.17, 15) is 0 Å². The molecule has 0 spiro atoms. The van der Waals surface area contributed by atoms with Crippen LogP contribution in [0.2, 0.25) is 0 Å². The number of hydrogen-bond donors (Lipinski definition) is 2. The molecule has 1 aromatic carbocycles. The lowest BCUT2D eigenvalue weighted by atomic mass is 10.3. The number of ether oxygens (including phenoxy) is 1. The van der Waals surface area contributed by atoms with E-state index < -0.39 is 0 Å². The number of thiocarbonyl (C=S) groups is 1. The molecular weight excluding hydrogens is 320 g/mol. The molecule has 2 heterocycles. The third-order valence-corrected chi connectivity index (χ3v) is 3.38. The summed E-state index contributed by atoms with van der Waals surface area (Å²) in [6.45, 7) is 0.613. The molecule has 5 nitrogen and oxygen atoms in total. The topological polar surface area (TPSA) is 59.1 Å². The van der Waals surface area contributed by atoms with E-state index in [0.717, 1.165) is 17.0 Å². The number of anilines is 1. The minimum Gasteiger partial charge on any atom is -0.439 e. The summed E-state index contributed by atoms with van der Waals surface area (Å²) in [6.07, 6.45) is 5.22. The Labute approximate surface area is 145 Å². The molecule has 0 aliphatic heterocycles. The minimum absolute atomic E-state index is 0.525. The van der Waals surface area contributed by atoms with Crippen LogP contribution in [0.4, 0.5) is 5.69 Å². The number of benzene rings is 1. The second kappa shape index (κ2) is 8.03. The van der Waals surface area contributed by atoms with Gasteiger partial charge in [-0.1, -0.05) is 24.3 Å². The van der Waals surface area contributed by atoms with Crippen LogP contribution in [0.5, 0.6) is 11.6 Å². The largest absolute Gasteiger partial charge is 0.439 e. The molecule has 3 rings (SSSR count). The van der Waals surface area contributed by atoms with Crippen LogP contribution in [-0.4, -0.2) is 15.1 Å². The third-order valence-electron chi connectivity index (χ3n) is 3.14. The van der Waals surface area contributed by atoms with Crippen LogP contribution < -0.4 is 15.4 Å². The van der Waals surface area contributed by atoms with E-state index in [0.29, 0.717) is 17.5 Å². The Balaban J connectivity index is 1.51. The van der Waals surface area contributed by atoms with Crippen LogP contribution >= 0.6 is 12.2 Å².